The molecule has 1 N–H and O–H groups in total. The lowest BCUT2D eigenvalue weighted by molar-refractivity contribution is -0.387. The molecule has 0 bridgehead atoms. The summed E-state index contributed by atoms with van der Waals surface area (Å²) in [7, 11) is -4.40. The molecule has 0 atom stereocenters. The number of hydrogen-bond donors (Lipinski definition) is 1. The Hall–Kier alpha value is -4.38. The summed E-state index contributed by atoms with van der Waals surface area (Å²) in [6.45, 7) is 10.6. The number of para-hydroxylation sites is 1. The Morgan fingerprint density at radius 2 is 1.54 bits per heavy atom. The van der Waals surface area contributed by atoms with Crippen molar-refractivity contribution in [3.8, 4) is 22.8 Å². The predicted octanol–water partition coefficient (Wildman–Crippen LogP) is 6.38. The molecule has 9 nitrogen and oxygen atoms in total. The Morgan fingerprint density at radius 1 is 0.927 bits per heavy atom. The van der Waals surface area contributed by atoms with Gasteiger partial charge < -0.3 is 9.29 Å². The van der Waals surface area contributed by atoms with Crippen LogP contribution in [-0.2, 0) is 20.9 Å². The van der Waals surface area contributed by atoms with Gasteiger partial charge in [-0.1, -0.05) is 59.7 Å². The van der Waals surface area contributed by atoms with Crippen LogP contribution in [0.5, 0.6) is 11.5 Å². The average molecular weight is 581 g/mol. The molecule has 0 saturated heterocycles. The summed E-state index contributed by atoms with van der Waals surface area (Å²) in [4.78, 5) is 29.5. The summed E-state index contributed by atoms with van der Waals surface area (Å²) in [6.07, 6.45) is 0. The van der Waals surface area contributed by atoms with E-state index in [1.807, 2.05) is 0 Å². The molecule has 0 aliphatic heterocycles. The van der Waals surface area contributed by atoms with E-state index in [0.29, 0.717) is 10.9 Å². The molecule has 1 heterocycles. The second-order valence-electron chi connectivity index (χ2n) is 11.6. The van der Waals surface area contributed by atoms with E-state index in [-0.39, 0.29) is 27.4 Å². The molecule has 4 rings (SSSR count). The second kappa shape index (κ2) is 10.2. The van der Waals surface area contributed by atoms with Crippen molar-refractivity contribution in [2.45, 2.75) is 57.3 Å². The lowest BCUT2D eigenvalue weighted by atomic mass is 9.82. The van der Waals surface area contributed by atoms with Crippen molar-refractivity contribution in [3.63, 3.8) is 0 Å². The van der Waals surface area contributed by atoms with Gasteiger partial charge in [0.25, 0.3) is 5.43 Å². The molecule has 0 radical (unpaired) electrons. The molecule has 1 aromatic heterocycles. The summed E-state index contributed by atoms with van der Waals surface area (Å²) in [5.41, 5.74) is -3.31. The molecule has 0 fully saturated rings. The van der Waals surface area contributed by atoms with Crippen LogP contribution in [0.25, 0.3) is 22.2 Å². The minimum atomic E-state index is -4.40. The van der Waals surface area contributed by atoms with Gasteiger partial charge in [0.05, 0.1) is 16.2 Å². The van der Waals surface area contributed by atoms with Crippen LogP contribution >= 0.6 is 0 Å². The molecule has 11 heteroatoms. The summed E-state index contributed by atoms with van der Waals surface area (Å²) in [6, 6.07) is 13.0. The number of nitrogens with zero attached hydrogens (tertiary/aromatic N) is 2. The Morgan fingerprint density at radius 3 is 2.10 bits per heavy atom. The number of aromatic nitrogens is 1. The first kappa shape index (κ1) is 29.6. The van der Waals surface area contributed by atoms with E-state index in [9.17, 15) is 32.8 Å². The van der Waals surface area contributed by atoms with Gasteiger partial charge in [0.2, 0.25) is 0 Å². The highest BCUT2D eigenvalue weighted by molar-refractivity contribution is 7.87. The molecule has 3 aromatic carbocycles. The Kier molecular flexibility index (Phi) is 7.38. The summed E-state index contributed by atoms with van der Waals surface area (Å²) >= 11 is 0. The molecule has 4 aromatic rings. The normalized spacial score (nSPS) is 12.4. The Balaban J connectivity index is 2.04. The van der Waals surface area contributed by atoms with Gasteiger partial charge in [0.15, 0.2) is 5.75 Å². The van der Waals surface area contributed by atoms with Crippen molar-refractivity contribution in [3.05, 3.63) is 97.9 Å². The van der Waals surface area contributed by atoms with Crippen molar-refractivity contribution >= 4 is 26.7 Å². The third-order valence-electron chi connectivity index (χ3n) is 6.52. The Bertz CT molecular complexity index is 1860. The van der Waals surface area contributed by atoms with Gasteiger partial charge in [0.1, 0.15) is 22.0 Å². The van der Waals surface area contributed by atoms with Crippen molar-refractivity contribution in [2.24, 2.45) is 0 Å². The number of hydrogen-bond acceptors (Lipinski definition) is 8. The summed E-state index contributed by atoms with van der Waals surface area (Å²) in [5.74, 6) is -1.28. The maximum atomic E-state index is 13.8. The van der Waals surface area contributed by atoms with E-state index >= 15 is 0 Å². The topological polar surface area (TPSA) is 137 Å². The monoisotopic (exact) mass is 580 g/mol. The molecule has 0 unspecified atom stereocenters. The van der Waals surface area contributed by atoms with Crippen molar-refractivity contribution in [1.82, 2.24) is 4.98 Å². The molecule has 0 aliphatic carbocycles. The van der Waals surface area contributed by atoms with Gasteiger partial charge in [-0.15, -0.1) is 0 Å². The maximum absolute atomic E-state index is 13.8. The standard InChI is InChI=1S/C30H29FN2O7S/c1-29(2,3)20-16-21(30(4,5)6)27(34)24(28(35)26(20)33(36)37)22-15-10-17-8-7-9-23(25(17)32-22)40-41(38,39)19-13-11-18(31)12-14-19/h7-16,34H,1-6H3. The first-order chi connectivity index (χ1) is 18.9. The lowest BCUT2D eigenvalue weighted by Crippen LogP contribution is -2.19. The van der Waals surface area contributed by atoms with Crippen LogP contribution in [0.15, 0.2) is 70.4 Å². The molecule has 0 spiro atoms. The van der Waals surface area contributed by atoms with Gasteiger partial charge in [-0.2, -0.15) is 8.42 Å². The van der Waals surface area contributed by atoms with E-state index in [2.05, 4.69) is 4.98 Å². The zero-order chi connectivity index (χ0) is 30.5. The van der Waals surface area contributed by atoms with Crippen LogP contribution in [-0.4, -0.2) is 23.4 Å². The molecule has 214 valence electrons. The van der Waals surface area contributed by atoms with Gasteiger partial charge >= 0.3 is 15.8 Å². The molecule has 0 amide bonds. The van der Waals surface area contributed by atoms with Gasteiger partial charge in [-0.05, 0) is 53.3 Å². The highest BCUT2D eigenvalue weighted by Gasteiger charge is 2.34. The Labute approximate surface area is 236 Å². The first-order valence-electron chi connectivity index (χ1n) is 12.6. The second-order valence-corrected chi connectivity index (χ2v) is 13.2. The van der Waals surface area contributed by atoms with E-state index in [4.69, 9.17) is 4.18 Å². The van der Waals surface area contributed by atoms with Crippen molar-refractivity contribution in [2.75, 3.05) is 0 Å². The lowest BCUT2D eigenvalue weighted by Gasteiger charge is -2.22. The molecule has 41 heavy (non-hydrogen) atoms. The summed E-state index contributed by atoms with van der Waals surface area (Å²) < 4.78 is 44.6. The van der Waals surface area contributed by atoms with Crippen molar-refractivity contribution < 1.29 is 27.0 Å². The largest absolute Gasteiger partial charge is 0.507 e. The SMILES string of the molecule is CC(C)(C)c1cc(C(C)(C)C)c([N+](=O)[O-])c(=O)c(-c2ccc3cccc(OS(=O)(=O)c4ccc(F)cc4)c3n2)c1O. The van der Waals surface area contributed by atoms with Crippen LogP contribution in [0.3, 0.4) is 0 Å². The first-order valence-corrected chi connectivity index (χ1v) is 14.0. The quantitative estimate of drug-likeness (QED) is 0.163. The van der Waals surface area contributed by atoms with E-state index in [1.165, 1.54) is 30.3 Å². The van der Waals surface area contributed by atoms with Crippen LogP contribution in [0, 0.1) is 15.9 Å². The van der Waals surface area contributed by atoms with Crippen molar-refractivity contribution in [1.29, 1.82) is 0 Å². The minimum absolute atomic E-state index is 0.0250. The fourth-order valence-electron chi connectivity index (χ4n) is 4.42. The number of fused-ring (bicyclic) bond motifs is 1. The third-order valence-corrected chi connectivity index (χ3v) is 7.77. The number of rotatable bonds is 5. The number of benzene rings is 2. The van der Waals surface area contributed by atoms with Crippen LogP contribution in [0.4, 0.5) is 10.1 Å². The molecule has 0 saturated carbocycles. The van der Waals surface area contributed by atoms with Crippen LogP contribution in [0.1, 0.15) is 52.7 Å². The maximum Gasteiger partial charge on any atom is 0.339 e. The van der Waals surface area contributed by atoms with E-state index in [1.54, 1.807) is 47.6 Å². The van der Waals surface area contributed by atoms with E-state index in [0.717, 1.165) is 24.3 Å². The molecular formula is C30H29FN2O7S. The predicted molar refractivity (Wildman–Crippen MR) is 153 cm³/mol. The fraction of sp³-hybridized carbons (Fsp3) is 0.267. The van der Waals surface area contributed by atoms with Gasteiger partial charge in [0, 0.05) is 16.5 Å². The average Bonchev–Trinajstić information content (AvgIpc) is 2.97. The smallest absolute Gasteiger partial charge is 0.339 e. The number of aromatic hydroxyl groups is 1. The van der Waals surface area contributed by atoms with Gasteiger partial charge in [-0.25, -0.2) is 9.37 Å². The summed E-state index contributed by atoms with van der Waals surface area (Å²) in [5, 5.41) is 24.2. The van der Waals surface area contributed by atoms with E-state index < -0.39 is 54.1 Å². The fourth-order valence-corrected chi connectivity index (χ4v) is 5.36. The zero-order valence-corrected chi connectivity index (χ0v) is 24.2. The number of nitro groups is 1. The molecular weight excluding hydrogens is 551 g/mol. The third kappa shape index (κ3) is 5.76. The zero-order valence-electron chi connectivity index (χ0n) is 23.4. The highest BCUT2D eigenvalue weighted by Crippen LogP contribution is 2.41. The van der Waals surface area contributed by atoms with Crippen LogP contribution < -0.4 is 9.61 Å². The number of pyridine rings is 1. The minimum Gasteiger partial charge on any atom is -0.507 e. The number of halogens is 1. The molecule has 0 aliphatic rings. The highest BCUT2D eigenvalue weighted by atomic mass is 32.2. The van der Waals surface area contributed by atoms with Crippen LogP contribution in [0.2, 0.25) is 0 Å². The van der Waals surface area contributed by atoms with Gasteiger partial charge in [-0.3, -0.25) is 14.9 Å².